The molecular formula is C12H3Br7. The molecule has 0 aliphatic heterocycles. The van der Waals surface area contributed by atoms with Crippen LogP contribution in [0, 0.1) is 0 Å². The smallest absolute Gasteiger partial charge is 0.0466 e. The topological polar surface area (TPSA) is 0 Å². The molecular weight excluding hydrogens is 703 g/mol. The van der Waals surface area contributed by atoms with Crippen molar-refractivity contribution in [1.29, 1.82) is 0 Å². The summed E-state index contributed by atoms with van der Waals surface area (Å²) in [6, 6.07) is 6.11. The first kappa shape index (κ1) is 17.2. The second-order valence-corrected chi connectivity index (χ2v) is 9.45. The van der Waals surface area contributed by atoms with Crippen molar-refractivity contribution >= 4 is 112 Å². The number of hydrogen-bond donors (Lipinski definition) is 0. The zero-order valence-corrected chi connectivity index (χ0v) is 20.0. The third-order valence-corrected chi connectivity index (χ3v) is 8.83. The molecule has 0 spiro atoms. The van der Waals surface area contributed by atoms with Gasteiger partial charge in [0.25, 0.3) is 0 Å². The van der Waals surface area contributed by atoms with Gasteiger partial charge in [0.1, 0.15) is 0 Å². The lowest BCUT2D eigenvalue weighted by Gasteiger charge is -2.14. The summed E-state index contributed by atoms with van der Waals surface area (Å²) in [7, 11) is 0. The van der Waals surface area contributed by atoms with Crippen LogP contribution in [0.15, 0.2) is 49.5 Å². The molecule has 0 unspecified atom stereocenters. The van der Waals surface area contributed by atoms with Gasteiger partial charge < -0.3 is 0 Å². The Hall–Kier alpha value is 1.80. The maximum absolute atomic E-state index is 3.64. The molecule has 0 aliphatic carbocycles. The quantitative estimate of drug-likeness (QED) is 0.206. The molecule has 0 amide bonds. The van der Waals surface area contributed by atoms with E-state index in [0.717, 1.165) is 42.4 Å². The highest BCUT2D eigenvalue weighted by Gasteiger charge is 2.17. The zero-order chi connectivity index (χ0) is 14.3. The molecule has 2 rings (SSSR count). The predicted molar refractivity (Wildman–Crippen MR) is 106 cm³/mol. The second-order valence-electron chi connectivity index (χ2n) is 3.59. The van der Waals surface area contributed by atoms with Crippen LogP contribution < -0.4 is 0 Å². The fraction of sp³-hybridized carbons (Fsp3) is 0. The molecule has 0 heterocycles. The largest absolute Gasteiger partial charge is 0.0501 e. The molecule has 2 aromatic rings. The fourth-order valence-electron chi connectivity index (χ4n) is 1.53. The van der Waals surface area contributed by atoms with Crippen molar-refractivity contribution in [2.24, 2.45) is 0 Å². The maximum atomic E-state index is 3.64. The fourth-order valence-corrected chi connectivity index (χ4v) is 5.92. The molecule has 0 aromatic heterocycles. The van der Waals surface area contributed by atoms with Crippen molar-refractivity contribution in [3.63, 3.8) is 0 Å². The van der Waals surface area contributed by atoms with E-state index in [0.29, 0.717) is 0 Å². The summed E-state index contributed by atoms with van der Waals surface area (Å²) in [6.07, 6.45) is 0. The van der Waals surface area contributed by atoms with Crippen molar-refractivity contribution < 1.29 is 0 Å². The minimum absolute atomic E-state index is 0.983. The van der Waals surface area contributed by atoms with Gasteiger partial charge in [0.2, 0.25) is 0 Å². The lowest BCUT2D eigenvalue weighted by atomic mass is 10.1. The van der Waals surface area contributed by atoms with Gasteiger partial charge in [0.05, 0.1) is 0 Å². The summed E-state index contributed by atoms with van der Waals surface area (Å²) in [6.45, 7) is 0. The zero-order valence-electron chi connectivity index (χ0n) is 8.88. The molecule has 2 aromatic carbocycles. The van der Waals surface area contributed by atoms with Crippen LogP contribution in [0.1, 0.15) is 0 Å². The Morgan fingerprint density at radius 1 is 0.474 bits per heavy atom. The molecule has 100 valence electrons. The van der Waals surface area contributed by atoms with Gasteiger partial charge in [-0.1, -0.05) is 31.9 Å². The van der Waals surface area contributed by atoms with E-state index in [1.54, 1.807) is 0 Å². The van der Waals surface area contributed by atoms with Crippen LogP contribution in [0.4, 0.5) is 0 Å². The normalized spacial score (nSPS) is 10.9. The van der Waals surface area contributed by atoms with E-state index in [9.17, 15) is 0 Å². The van der Waals surface area contributed by atoms with Crippen molar-refractivity contribution in [2.45, 2.75) is 0 Å². The SMILES string of the molecule is Brc1cc(Br)c(-c2c(Br)cc(Br)c(Br)c2Br)cc1Br. The lowest BCUT2D eigenvalue weighted by Crippen LogP contribution is -1.88. The Balaban J connectivity index is 2.80. The van der Waals surface area contributed by atoms with Crippen molar-refractivity contribution in [3.05, 3.63) is 49.5 Å². The molecule has 0 saturated carbocycles. The Morgan fingerprint density at radius 2 is 1.00 bits per heavy atom. The van der Waals surface area contributed by atoms with E-state index in [2.05, 4.69) is 118 Å². The highest BCUT2D eigenvalue weighted by atomic mass is 79.9. The Bertz CT molecular complexity index is 664. The van der Waals surface area contributed by atoms with Gasteiger partial charge in [-0.2, -0.15) is 0 Å². The molecule has 0 N–H and O–H groups in total. The average molecular weight is 706 g/mol. The summed E-state index contributed by atoms with van der Waals surface area (Å²) < 4.78 is 6.99. The van der Waals surface area contributed by atoms with E-state index in [4.69, 9.17) is 0 Å². The number of rotatable bonds is 1. The molecule has 0 atom stereocenters. The first-order valence-electron chi connectivity index (χ1n) is 4.80. The van der Waals surface area contributed by atoms with E-state index in [-0.39, 0.29) is 0 Å². The molecule has 19 heavy (non-hydrogen) atoms. The molecule has 0 aliphatic rings. The lowest BCUT2D eigenvalue weighted by molar-refractivity contribution is 1.45. The number of hydrogen-bond acceptors (Lipinski definition) is 0. The van der Waals surface area contributed by atoms with Crippen molar-refractivity contribution in [3.8, 4) is 11.1 Å². The summed E-state index contributed by atoms with van der Waals surface area (Å²) in [5, 5.41) is 0. The number of halogens is 7. The van der Waals surface area contributed by atoms with E-state index < -0.39 is 0 Å². The standard InChI is InChI=1S/C12H3Br7/c13-5-2-7(15)6(14)1-4(5)10-8(16)3-9(17)11(18)12(10)19/h1-3H. The van der Waals surface area contributed by atoms with Gasteiger partial charge in [-0.15, -0.1) is 0 Å². The van der Waals surface area contributed by atoms with Gasteiger partial charge >= 0.3 is 0 Å². The van der Waals surface area contributed by atoms with Crippen LogP contribution in [0.25, 0.3) is 11.1 Å². The summed E-state index contributed by atoms with van der Waals surface area (Å²) in [4.78, 5) is 0. The van der Waals surface area contributed by atoms with Crippen LogP contribution in [0.3, 0.4) is 0 Å². The minimum Gasteiger partial charge on any atom is -0.0501 e. The van der Waals surface area contributed by atoms with Crippen molar-refractivity contribution in [1.82, 2.24) is 0 Å². The van der Waals surface area contributed by atoms with Crippen LogP contribution in [-0.2, 0) is 0 Å². The Morgan fingerprint density at radius 3 is 1.63 bits per heavy atom. The van der Waals surface area contributed by atoms with Crippen LogP contribution in [0.5, 0.6) is 0 Å². The maximum Gasteiger partial charge on any atom is 0.0466 e. The van der Waals surface area contributed by atoms with Crippen LogP contribution in [0.2, 0.25) is 0 Å². The van der Waals surface area contributed by atoms with Gasteiger partial charge in [0, 0.05) is 36.9 Å². The summed E-state index contributed by atoms with van der Waals surface area (Å²) >= 11 is 25.0. The third kappa shape index (κ3) is 3.59. The predicted octanol–water partition coefficient (Wildman–Crippen LogP) is 8.69. The molecule has 0 bridgehead atoms. The molecule has 0 nitrogen and oxygen atoms in total. The molecule has 0 saturated heterocycles. The molecule has 7 heteroatoms. The molecule has 0 radical (unpaired) electrons. The van der Waals surface area contributed by atoms with Crippen LogP contribution in [-0.4, -0.2) is 0 Å². The first-order chi connectivity index (χ1) is 8.82. The van der Waals surface area contributed by atoms with Crippen LogP contribution >= 0.6 is 112 Å². The Labute approximate surface area is 170 Å². The van der Waals surface area contributed by atoms with E-state index >= 15 is 0 Å². The van der Waals surface area contributed by atoms with Gasteiger partial charge in [0.15, 0.2) is 0 Å². The monoisotopic (exact) mass is 699 g/mol. The second kappa shape index (κ2) is 6.92. The van der Waals surface area contributed by atoms with Crippen molar-refractivity contribution in [2.75, 3.05) is 0 Å². The Kier molecular flexibility index (Phi) is 6.25. The van der Waals surface area contributed by atoms with E-state index in [1.807, 2.05) is 12.1 Å². The number of benzene rings is 2. The summed E-state index contributed by atoms with van der Waals surface area (Å²) in [5.74, 6) is 0. The highest BCUT2D eigenvalue weighted by Crippen LogP contribution is 2.46. The average Bonchev–Trinajstić information content (AvgIpc) is 2.33. The minimum atomic E-state index is 0.983. The van der Waals surface area contributed by atoms with Gasteiger partial charge in [-0.3, -0.25) is 0 Å². The van der Waals surface area contributed by atoms with Gasteiger partial charge in [-0.25, -0.2) is 0 Å². The third-order valence-electron chi connectivity index (χ3n) is 2.39. The summed E-state index contributed by atoms with van der Waals surface area (Å²) in [5.41, 5.74) is 2.16. The molecule has 0 fully saturated rings. The highest BCUT2D eigenvalue weighted by molar-refractivity contribution is 9.14. The first-order valence-corrected chi connectivity index (χ1v) is 10.4. The van der Waals surface area contributed by atoms with Gasteiger partial charge in [-0.05, 0) is 103 Å². The van der Waals surface area contributed by atoms with E-state index in [1.165, 1.54) is 0 Å².